The number of aliphatic hydroxyl groups excluding tert-OH is 1. The number of carboxylic acids is 1. The second-order valence-electron chi connectivity index (χ2n) is 4.92. The van der Waals surface area contributed by atoms with Crippen molar-refractivity contribution in [1.29, 1.82) is 0 Å². The van der Waals surface area contributed by atoms with Crippen molar-refractivity contribution >= 4 is 11.9 Å². The fourth-order valence-electron chi connectivity index (χ4n) is 1.30. The zero-order chi connectivity index (χ0) is 13.6. The summed E-state index contributed by atoms with van der Waals surface area (Å²) in [5, 5.41) is 21.0. The van der Waals surface area contributed by atoms with Crippen molar-refractivity contribution in [2.75, 3.05) is 6.54 Å². The van der Waals surface area contributed by atoms with Crippen molar-refractivity contribution in [2.45, 2.75) is 46.6 Å². The number of carbonyl (C=O) groups excluding carboxylic acids is 1. The van der Waals surface area contributed by atoms with Crippen LogP contribution in [0.3, 0.4) is 0 Å². The predicted octanol–water partition coefficient (Wildman–Crippen LogP) is 1.01. The normalized spacial score (nSPS) is 16.4. The van der Waals surface area contributed by atoms with Crippen LogP contribution in [0.2, 0.25) is 0 Å². The topological polar surface area (TPSA) is 86.6 Å². The van der Waals surface area contributed by atoms with E-state index in [9.17, 15) is 14.7 Å². The third-order valence-corrected chi connectivity index (χ3v) is 3.30. The fourth-order valence-corrected chi connectivity index (χ4v) is 1.30. The van der Waals surface area contributed by atoms with Crippen molar-refractivity contribution < 1.29 is 19.8 Å². The summed E-state index contributed by atoms with van der Waals surface area (Å²) in [6.45, 7) is 7.11. The molecule has 0 aromatic heterocycles. The van der Waals surface area contributed by atoms with E-state index >= 15 is 0 Å². The van der Waals surface area contributed by atoms with E-state index in [1.54, 1.807) is 20.8 Å². The molecule has 1 amide bonds. The number of nitrogens with one attached hydrogen (secondary N) is 1. The molecule has 0 aromatic rings. The Labute approximate surface area is 102 Å². The minimum absolute atomic E-state index is 0.0730. The van der Waals surface area contributed by atoms with Gasteiger partial charge in [-0.2, -0.15) is 0 Å². The third-order valence-electron chi connectivity index (χ3n) is 3.30. The highest BCUT2D eigenvalue weighted by atomic mass is 16.4. The Kier molecular flexibility index (Phi) is 6.16. The molecule has 0 aliphatic heterocycles. The first-order chi connectivity index (χ1) is 7.74. The van der Waals surface area contributed by atoms with Crippen molar-refractivity contribution in [3.05, 3.63) is 0 Å². The Morgan fingerprint density at radius 3 is 2.24 bits per heavy atom. The van der Waals surface area contributed by atoms with Crippen LogP contribution in [0.4, 0.5) is 0 Å². The van der Waals surface area contributed by atoms with Crippen LogP contribution in [-0.4, -0.2) is 34.7 Å². The van der Waals surface area contributed by atoms with Crippen LogP contribution in [0, 0.1) is 11.3 Å². The highest BCUT2D eigenvalue weighted by Gasteiger charge is 2.38. The van der Waals surface area contributed by atoms with Gasteiger partial charge in [0.05, 0.1) is 11.5 Å². The zero-order valence-electron chi connectivity index (χ0n) is 11.0. The van der Waals surface area contributed by atoms with Crippen LogP contribution in [-0.2, 0) is 9.59 Å². The fraction of sp³-hybridized carbons (Fsp3) is 0.833. The highest BCUT2D eigenvalue weighted by molar-refractivity contribution is 5.84. The lowest BCUT2D eigenvalue weighted by molar-refractivity contribution is -0.153. The van der Waals surface area contributed by atoms with E-state index in [0.29, 0.717) is 6.42 Å². The number of carbonyl (C=O) groups is 2. The molecule has 0 aliphatic carbocycles. The molecule has 0 fully saturated rings. The second-order valence-corrected chi connectivity index (χ2v) is 4.92. The first-order valence-electron chi connectivity index (χ1n) is 5.92. The van der Waals surface area contributed by atoms with E-state index in [2.05, 4.69) is 5.32 Å². The number of aliphatic carboxylic acids is 1. The van der Waals surface area contributed by atoms with Crippen LogP contribution < -0.4 is 5.32 Å². The number of rotatable bonds is 7. The molecule has 0 rings (SSSR count). The second kappa shape index (κ2) is 6.59. The summed E-state index contributed by atoms with van der Waals surface area (Å²) in [6, 6.07) is 0. The van der Waals surface area contributed by atoms with E-state index < -0.39 is 17.5 Å². The van der Waals surface area contributed by atoms with E-state index in [0.717, 1.165) is 0 Å². The molecular weight excluding hydrogens is 222 g/mol. The molecule has 0 aromatic carbocycles. The molecule has 2 atom stereocenters. The van der Waals surface area contributed by atoms with Gasteiger partial charge in [-0.1, -0.05) is 20.8 Å². The smallest absolute Gasteiger partial charge is 0.310 e. The first-order valence-corrected chi connectivity index (χ1v) is 5.92. The summed E-state index contributed by atoms with van der Waals surface area (Å²) in [5.41, 5.74) is -1.07. The minimum Gasteiger partial charge on any atom is -0.481 e. The van der Waals surface area contributed by atoms with E-state index in [4.69, 9.17) is 5.11 Å². The number of carboxylic acid groups (broad SMARTS) is 1. The number of hydrogen-bond donors (Lipinski definition) is 3. The van der Waals surface area contributed by atoms with E-state index in [1.165, 1.54) is 0 Å². The molecule has 17 heavy (non-hydrogen) atoms. The maximum atomic E-state index is 11.6. The van der Waals surface area contributed by atoms with E-state index in [-0.39, 0.29) is 24.8 Å². The summed E-state index contributed by atoms with van der Waals surface area (Å²) < 4.78 is 0. The molecule has 0 bridgehead atoms. The summed E-state index contributed by atoms with van der Waals surface area (Å²) in [5.74, 6) is -1.45. The number of aliphatic hydroxyl groups is 1. The lowest BCUT2D eigenvalue weighted by Gasteiger charge is -2.28. The van der Waals surface area contributed by atoms with Crippen molar-refractivity contribution in [3.8, 4) is 0 Å². The Morgan fingerprint density at radius 1 is 1.35 bits per heavy atom. The van der Waals surface area contributed by atoms with Gasteiger partial charge in [-0.25, -0.2) is 0 Å². The number of amides is 1. The van der Waals surface area contributed by atoms with Gasteiger partial charge in [-0.3, -0.25) is 9.59 Å². The summed E-state index contributed by atoms with van der Waals surface area (Å²) >= 11 is 0. The molecular formula is C12H23NO4. The monoisotopic (exact) mass is 245 g/mol. The van der Waals surface area contributed by atoms with Gasteiger partial charge in [-0.05, 0) is 19.3 Å². The maximum Gasteiger partial charge on any atom is 0.310 e. The van der Waals surface area contributed by atoms with Gasteiger partial charge in [0, 0.05) is 13.0 Å². The zero-order valence-corrected chi connectivity index (χ0v) is 11.0. The standard InChI is InChI=1S/C12H23NO4/c1-5-9(14)7-13-10(15)6-12(4,8(2)3)11(16)17/h8-9,14H,5-7H2,1-4H3,(H,13,15)(H,16,17). The molecule has 2 unspecified atom stereocenters. The molecule has 5 nitrogen and oxygen atoms in total. The SMILES string of the molecule is CCC(O)CNC(=O)CC(C)(C(=O)O)C(C)C. The van der Waals surface area contributed by atoms with Gasteiger partial charge in [0.1, 0.15) is 0 Å². The van der Waals surface area contributed by atoms with Crippen molar-refractivity contribution in [2.24, 2.45) is 11.3 Å². The van der Waals surface area contributed by atoms with Gasteiger partial charge >= 0.3 is 5.97 Å². The average Bonchev–Trinajstić information content (AvgIpc) is 2.25. The number of hydrogen-bond acceptors (Lipinski definition) is 3. The van der Waals surface area contributed by atoms with Crippen LogP contribution in [0.1, 0.15) is 40.5 Å². The lowest BCUT2D eigenvalue weighted by Crippen LogP contribution is -2.40. The molecule has 0 radical (unpaired) electrons. The van der Waals surface area contributed by atoms with Gasteiger partial charge in [0.15, 0.2) is 0 Å². The summed E-state index contributed by atoms with van der Waals surface area (Å²) in [6.07, 6.45) is -0.0917. The molecule has 100 valence electrons. The third kappa shape index (κ3) is 4.73. The van der Waals surface area contributed by atoms with Gasteiger partial charge in [-0.15, -0.1) is 0 Å². The molecule has 5 heteroatoms. The Morgan fingerprint density at radius 2 is 1.88 bits per heavy atom. The van der Waals surface area contributed by atoms with Gasteiger partial charge < -0.3 is 15.5 Å². The molecule has 0 aliphatic rings. The Bertz CT molecular complexity index is 278. The minimum atomic E-state index is -1.07. The Hall–Kier alpha value is -1.10. The van der Waals surface area contributed by atoms with Crippen molar-refractivity contribution in [1.82, 2.24) is 5.32 Å². The van der Waals surface area contributed by atoms with Crippen LogP contribution in [0.5, 0.6) is 0 Å². The quantitative estimate of drug-likeness (QED) is 0.624. The van der Waals surface area contributed by atoms with E-state index in [1.807, 2.05) is 6.92 Å². The molecule has 0 saturated heterocycles. The summed E-state index contributed by atoms with van der Waals surface area (Å²) in [7, 11) is 0. The van der Waals surface area contributed by atoms with Crippen molar-refractivity contribution in [3.63, 3.8) is 0 Å². The molecule has 3 N–H and O–H groups in total. The lowest BCUT2D eigenvalue weighted by atomic mass is 9.76. The first kappa shape index (κ1) is 15.9. The maximum absolute atomic E-state index is 11.6. The van der Waals surface area contributed by atoms with Gasteiger partial charge in [0.25, 0.3) is 0 Å². The summed E-state index contributed by atoms with van der Waals surface area (Å²) in [4.78, 5) is 22.8. The van der Waals surface area contributed by atoms with Crippen LogP contribution in [0.25, 0.3) is 0 Å². The average molecular weight is 245 g/mol. The predicted molar refractivity (Wildman–Crippen MR) is 64.5 cm³/mol. The molecule has 0 spiro atoms. The van der Waals surface area contributed by atoms with Crippen LogP contribution in [0.15, 0.2) is 0 Å². The van der Waals surface area contributed by atoms with Gasteiger partial charge in [0.2, 0.25) is 5.91 Å². The molecule has 0 saturated carbocycles. The van der Waals surface area contributed by atoms with Crippen LogP contribution >= 0.6 is 0 Å². The Balaban J connectivity index is 4.39. The largest absolute Gasteiger partial charge is 0.481 e. The highest BCUT2D eigenvalue weighted by Crippen LogP contribution is 2.31. The molecule has 0 heterocycles.